The van der Waals surface area contributed by atoms with Crippen LogP contribution in [0.3, 0.4) is 0 Å². The molecular weight excluding hydrogens is 400 g/mol. The summed E-state index contributed by atoms with van der Waals surface area (Å²) < 4.78 is 10.5. The summed E-state index contributed by atoms with van der Waals surface area (Å²) in [6.45, 7) is 2.04. The number of fused-ring (bicyclic) bond motifs is 1. The zero-order chi connectivity index (χ0) is 22.5. The van der Waals surface area contributed by atoms with Crippen molar-refractivity contribution in [3.63, 3.8) is 0 Å². The van der Waals surface area contributed by atoms with E-state index in [1.54, 1.807) is 13.3 Å². The Kier molecular flexibility index (Phi) is 6.26. The maximum Gasteiger partial charge on any atom is 0.336 e. The lowest BCUT2D eigenvalue weighted by Gasteiger charge is -2.20. The van der Waals surface area contributed by atoms with Gasteiger partial charge in [0.15, 0.2) is 0 Å². The van der Waals surface area contributed by atoms with E-state index in [9.17, 15) is 4.79 Å². The van der Waals surface area contributed by atoms with Crippen LogP contribution in [0.4, 0.5) is 5.69 Å². The van der Waals surface area contributed by atoms with E-state index in [1.807, 2.05) is 79.9 Å². The summed E-state index contributed by atoms with van der Waals surface area (Å²) in [5, 5.41) is 4.33. The summed E-state index contributed by atoms with van der Waals surface area (Å²) in [6.07, 6.45) is 3.70. The monoisotopic (exact) mass is 426 g/mol. The van der Waals surface area contributed by atoms with Gasteiger partial charge < -0.3 is 19.8 Å². The summed E-state index contributed by atoms with van der Waals surface area (Å²) >= 11 is 0. The molecule has 0 aliphatic carbocycles. The number of benzene rings is 3. The molecule has 0 aliphatic heterocycles. The molecule has 0 saturated carbocycles. The predicted molar refractivity (Wildman–Crippen MR) is 128 cm³/mol. The second-order valence-corrected chi connectivity index (χ2v) is 7.60. The third-order valence-electron chi connectivity index (χ3n) is 5.56. The van der Waals surface area contributed by atoms with Gasteiger partial charge >= 0.3 is 5.97 Å². The molecular formula is C27H26N2O3. The number of ether oxygens (including phenoxy) is 2. The molecule has 1 atom stereocenters. The molecule has 0 aliphatic rings. The number of carbonyl (C=O) groups excluding carboxylic acids is 1. The lowest BCUT2D eigenvalue weighted by Crippen LogP contribution is -2.16. The van der Waals surface area contributed by atoms with E-state index in [2.05, 4.69) is 16.4 Å². The van der Waals surface area contributed by atoms with E-state index in [0.29, 0.717) is 5.57 Å². The third kappa shape index (κ3) is 4.37. The molecule has 2 N–H and O–H groups in total. The number of aromatic amines is 1. The van der Waals surface area contributed by atoms with E-state index in [0.717, 1.165) is 33.5 Å². The molecule has 32 heavy (non-hydrogen) atoms. The highest BCUT2D eigenvalue weighted by atomic mass is 16.5. The zero-order valence-corrected chi connectivity index (χ0v) is 18.4. The van der Waals surface area contributed by atoms with Crippen molar-refractivity contribution in [2.45, 2.75) is 12.8 Å². The first kappa shape index (κ1) is 21.2. The summed E-state index contributed by atoms with van der Waals surface area (Å²) in [6, 6.07) is 23.8. The number of methoxy groups -OCH3 is 2. The van der Waals surface area contributed by atoms with E-state index in [4.69, 9.17) is 9.47 Å². The topological polar surface area (TPSA) is 63.4 Å². The van der Waals surface area contributed by atoms with Gasteiger partial charge in [-0.2, -0.15) is 0 Å². The van der Waals surface area contributed by atoms with Crippen LogP contribution in [0.15, 0.2) is 90.8 Å². The molecule has 1 unspecified atom stereocenters. The second-order valence-electron chi connectivity index (χ2n) is 7.60. The van der Waals surface area contributed by atoms with E-state index >= 15 is 0 Å². The van der Waals surface area contributed by atoms with Crippen LogP contribution in [0.1, 0.15) is 22.6 Å². The van der Waals surface area contributed by atoms with Crippen LogP contribution in [0.5, 0.6) is 5.75 Å². The molecule has 4 aromatic rings. The molecule has 162 valence electrons. The number of aryl methyl sites for hydroxylation is 1. The third-order valence-corrected chi connectivity index (χ3v) is 5.56. The number of hydrogen-bond acceptors (Lipinski definition) is 4. The highest BCUT2D eigenvalue weighted by Gasteiger charge is 2.28. The Labute approximate surface area is 187 Å². The first-order valence-corrected chi connectivity index (χ1v) is 10.4. The van der Waals surface area contributed by atoms with Crippen LogP contribution in [-0.2, 0) is 9.53 Å². The van der Waals surface area contributed by atoms with Crippen LogP contribution < -0.4 is 10.1 Å². The summed E-state index contributed by atoms with van der Waals surface area (Å²) in [5.74, 6) is 0.0194. The van der Waals surface area contributed by atoms with Gasteiger partial charge in [-0.15, -0.1) is 0 Å². The average molecular weight is 427 g/mol. The van der Waals surface area contributed by atoms with Crippen molar-refractivity contribution >= 4 is 22.6 Å². The maximum absolute atomic E-state index is 13.0. The van der Waals surface area contributed by atoms with Gasteiger partial charge in [0.05, 0.1) is 19.8 Å². The first-order chi connectivity index (χ1) is 15.6. The first-order valence-electron chi connectivity index (χ1n) is 10.4. The van der Waals surface area contributed by atoms with E-state index in [1.165, 1.54) is 12.7 Å². The van der Waals surface area contributed by atoms with Gasteiger partial charge in [-0.1, -0.05) is 48.0 Å². The Balaban J connectivity index is 1.85. The highest BCUT2D eigenvalue weighted by molar-refractivity contribution is 5.94. The standard InChI is InChI=1S/C27H26N2O3/c1-18-8-12-20(13-9-18)28-17-24(27(30)32-3)26(19-10-14-21(31-2)15-11-19)23-16-29-25-7-5-4-6-22(23)25/h4-17,26,28-29H,1-3H3/b24-17-. The number of nitrogens with one attached hydrogen (secondary N) is 2. The van der Waals surface area contributed by atoms with Gasteiger partial charge in [0.2, 0.25) is 0 Å². The normalized spacial score (nSPS) is 12.4. The van der Waals surface area contributed by atoms with Gasteiger partial charge in [-0.05, 0) is 48.4 Å². The van der Waals surface area contributed by atoms with Gasteiger partial charge in [0, 0.05) is 34.9 Å². The fraction of sp³-hybridized carbons (Fsp3) is 0.148. The Morgan fingerprint density at radius 3 is 2.38 bits per heavy atom. The van der Waals surface area contributed by atoms with Crippen molar-refractivity contribution in [1.82, 2.24) is 4.98 Å². The van der Waals surface area contributed by atoms with Crippen molar-refractivity contribution in [3.05, 3.63) is 107 Å². The van der Waals surface area contributed by atoms with Gasteiger partial charge in [-0.3, -0.25) is 0 Å². The molecule has 0 saturated heterocycles. The largest absolute Gasteiger partial charge is 0.497 e. The Bertz CT molecular complexity index is 1240. The molecule has 3 aromatic carbocycles. The van der Waals surface area contributed by atoms with Crippen molar-refractivity contribution in [2.24, 2.45) is 0 Å². The second kappa shape index (κ2) is 9.43. The number of aromatic nitrogens is 1. The molecule has 1 aromatic heterocycles. The number of H-pyrrole nitrogens is 1. The molecule has 5 heteroatoms. The number of esters is 1. The number of hydrogen-bond donors (Lipinski definition) is 2. The summed E-state index contributed by atoms with van der Waals surface area (Å²) in [7, 11) is 3.04. The summed E-state index contributed by atoms with van der Waals surface area (Å²) in [5.41, 5.74) is 5.53. The van der Waals surface area contributed by atoms with Crippen molar-refractivity contribution in [2.75, 3.05) is 19.5 Å². The van der Waals surface area contributed by atoms with Gasteiger partial charge in [0.25, 0.3) is 0 Å². The number of carbonyl (C=O) groups is 1. The number of rotatable bonds is 7. The van der Waals surface area contributed by atoms with E-state index < -0.39 is 5.97 Å². The number of anilines is 1. The molecule has 5 nitrogen and oxygen atoms in total. The molecule has 0 fully saturated rings. The molecule has 4 rings (SSSR count). The SMILES string of the molecule is COC(=O)/C(=C\Nc1ccc(C)cc1)C(c1ccc(OC)cc1)c1c[nH]c2ccccc12. The molecule has 1 heterocycles. The van der Waals surface area contributed by atoms with Gasteiger partial charge in [0.1, 0.15) is 5.75 Å². The van der Waals surface area contributed by atoms with Crippen LogP contribution in [-0.4, -0.2) is 25.2 Å². The van der Waals surface area contributed by atoms with Crippen LogP contribution in [0, 0.1) is 6.92 Å². The molecule has 0 bridgehead atoms. The minimum absolute atomic E-state index is 0.345. The minimum Gasteiger partial charge on any atom is -0.497 e. The fourth-order valence-corrected chi connectivity index (χ4v) is 3.84. The van der Waals surface area contributed by atoms with Crippen LogP contribution in [0.25, 0.3) is 10.9 Å². The fourth-order valence-electron chi connectivity index (χ4n) is 3.84. The van der Waals surface area contributed by atoms with E-state index in [-0.39, 0.29) is 5.92 Å². The Morgan fingerprint density at radius 1 is 0.969 bits per heavy atom. The van der Waals surface area contributed by atoms with Crippen LogP contribution >= 0.6 is 0 Å². The van der Waals surface area contributed by atoms with Crippen molar-refractivity contribution in [1.29, 1.82) is 0 Å². The lowest BCUT2D eigenvalue weighted by molar-refractivity contribution is -0.136. The molecule has 0 radical (unpaired) electrons. The lowest BCUT2D eigenvalue weighted by atomic mass is 9.84. The number of para-hydroxylation sites is 1. The average Bonchev–Trinajstić information content (AvgIpc) is 3.26. The Hall–Kier alpha value is -3.99. The Morgan fingerprint density at radius 2 is 1.69 bits per heavy atom. The van der Waals surface area contributed by atoms with Crippen molar-refractivity contribution < 1.29 is 14.3 Å². The summed E-state index contributed by atoms with van der Waals surface area (Å²) in [4.78, 5) is 16.3. The minimum atomic E-state index is -0.393. The zero-order valence-electron chi connectivity index (χ0n) is 18.4. The van der Waals surface area contributed by atoms with Crippen LogP contribution in [0.2, 0.25) is 0 Å². The molecule has 0 spiro atoms. The molecule has 0 amide bonds. The smallest absolute Gasteiger partial charge is 0.336 e. The van der Waals surface area contributed by atoms with Gasteiger partial charge in [-0.25, -0.2) is 4.79 Å². The highest BCUT2D eigenvalue weighted by Crippen LogP contribution is 2.37. The quantitative estimate of drug-likeness (QED) is 0.290. The predicted octanol–water partition coefficient (Wildman–Crippen LogP) is 5.79. The maximum atomic E-state index is 13.0. The van der Waals surface area contributed by atoms with Crippen molar-refractivity contribution in [3.8, 4) is 5.75 Å².